The van der Waals surface area contributed by atoms with Gasteiger partial charge in [0, 0.05) is 22.6 Å². The lowest BCUT2D eigenvalue weighted by Crippen LogP contribution is -2.46. The number of nitrogens with one attached hydrogen (secondary N) is 1. The Morgan fingerprint density at radius 2 is 2.19 bits per heavy atom. The minimum Gasteiger partial charge on any atom is -0.389 e. The van der Waals surface area contributed by atoms with Crippen molar-refractivity contribution in [3.05, 3.63) is 33.3 Å². The molecule has 88 valence electrons. The van der Waals surface area contributed by atoms with Crippen molar-refractivity contribution in [2.75, 3.05) is 6.54 Å². The van der Waals surface area contributed by atoms with Crippen LogP contribution in [0.4, 0.5) is 0 Å². The normalized spacial score (nSPS) is 18.2. The van der Waals surface area contributed by atoms with Gasteiger partial charge in [0.05, 0.1) is 5.60 Å². The second kappa shape index (κ2) is 5.05. The van der Waals surface area contributed by atoms with E-state index >= 15 is 0 Å². The first-order valence-corrected chi connectivity index (χ1v) is 6.63. The average molecular weight is 305 g/mol. The molecule has 0 spiro atoms. The lowest BCUT2D eigenvalue weighted by molar-refractivity contribution is -0.0314. The summed E-state index contributed by atoms with van der Waals surface area (Å²) in [6.07, 6.45) is 2.95. The highest BCUT2D eigenvalue weighted by molar-refractivity contribution is 9.10. The van der Waals surface area contributed by atoms with Crippen LogP contribution >= 0.6 is 27.5 Å². The Bertz CT molecular complexity index is 379. The van der Waals surface area contributed by atoms with Gasteiger partial charge in [0.25, 0.3) is 0 Å². The maximum absolute atomic E-state index is 9.91. The van der Waals surface area contributed by atoms with E-state index in [-0.39, 0.29) is 0 Å². The summed E-state index contributed by atoms with van der Waals surface area (Å²) in [5, 5.41) is 13.9. The number of rotatable bonds is 4. The summed E-state index contributed by atoms with van der Waals surface area (Å²) in [6.45, 7) is 1.34. The summed E-state index contributed by atoms with van der Waals surface area (Å²) in [5.41, 5.74) is 0.581. The Morgan fingerprint density at radius 1 is 1.44 bits per heavy atom. The number of hydrogen-bond acceptors (Lipinski definition) is 2. The molecule has 1 fully saturated rings. The summed E-state index contributed by atoms with van der Waals surface area (Å²) in [7, 11) is 0. The highest BCUT2D eigenvalue weighted by atomic mass is 79.9. The lowest BCUT2D eigenvalue weighted by Gasteiger charge is -2.36. The average Bonchev–Trinajstić information content (AvgIpc) is 2.21. The standard InChI is InChI=1S/C12H15BrClNO/c13-10-2-3-11(14)9(6-10)7-15-8-12(16)4-1-5-12/h2-3,6,15-16H,1,4-5,7-8H2. The van der Waals surface area contributed by atoms with Crippen LogP contribution in [0.3, 0.4) is 0 Å². The van der Waals surface area contributed by atoms with Crippen LogP contribution in [0.25, 0.3) is 0 Å². The molecule has 0 bridgehead atoms. The molecule has 2 rings (SSSR count). The zero-order valence-electron chi connectivity index (χ0n) is 8.97. The SMILES string of the molecule is OC1(CNCc2cc(Br)ccc2Cl)CCC1. The molecule has 4 heteroatoms. The maximum atomic E-state index is 9.91. The molecule has 16 heavy (non-hydrogen) atoms. The molecular formula is C12H15BrClNO. The van der Waals surface area contributed by atoms with E-state index < -0.39 is 5.60 Å². The lowest BCUT2D eigenvalue weighted by atomic mass is 9.80. The first kappa shape index (κ1) is 12.4. The van der Waals surface area contributed by atoms with Crippen molar-refractivity contribution in [2.24, 2.45) is 0 Å². The van der Waals surface area contributed by atoms with E-state index in [0.717, 1.165) is 34.3 Å². The van der Waals surface area contributed by atoms with Gasteiger partial charge in [0.15, 0.2) is 0 Å². The maximum Gasteiger partial charge on any atom is 0.0771 e. The van der Waals surface area contributed by atoms with Crippen LogP contribution in [-0.2, 0) is 6.54 Å². The largest absolute Gasteiger partial charge is 0.389 e. The van der Waals surface area contributed by atoms with E-state index in [2.05, 4.69) is 21.2 Å². The summed E-state index contributed by atoms with van der Waals surface area (Å²) >= 11 is 9.49. The van der Waals surface area contributed by atoms with Gasteiger partial charge in [-0.2, -0.15) is 0 Å². The molecule has 1 aromatic carbocycles. The summed E-state index contributed by atoms with van der Waals surface area (Å²) in [5.74, 6) is 0. The van der Waals surface area contributed by atoms with Crippen LogP contribution in [0.5, 0.6) is 0 Å². The molecule has 0 atom stereocenters. The molecule has 1 saturated carbocycles. The van der Waals surface area contributed by atoms with Gasteiger partial charge < -0.3 is 10.4 Å². The van der Waals surface area contributed by atoms with Gasteiger partial charge in [-0.25, -0.2) is 0 Å². The van der Waals surface area contributed by atoms with E-state index in [4.69, 9.17) is 11.6 Å². The molecule has 0 saturated heterocycles. The van der Waals surface area contributed by atoms with Gasteiger partial charge in [-0.15, -0.1) is 0 Å². The van der Waals surface area contributed by atoms with Crippen molar-refractivity contribution >= 4 is 27.5 Å². The minimum absolute atomic E-state index is 0.474. The number of aliphatic hydroxyl groups is 1. The Balaban J connectivity index is 1.87. The molecule has 1 aromatic rings. The van der Waals surface area contributed by atoms with Crippen LogP contribution in [-0.4, -0.2) is 17.3 Å². The highest BCUT2D eigenvalue weighted by Crippen LogP contribution is 2.30. The molecule has 2 N–H and O–H groups in total. The molecule has 1 aliphatic carbocycles. The van der Waals surface area contributed by atoms with E-state index in [0.29, 0.717) is 13.1 Å². The van der Waals surface area contributed by atoms with Gasteiger partial charge in [-0.3, -0.25) is 0 Å². The molecule has 2 nitrogen and oxygen atoms in total. The second-order valence-corrected chi connectivity index (χ2v) is 5.74. The van der Waals surface area contributed by atoms with Crippen LogP contribution in [0.15, 0.2) is 22.7 Å². The zero-order valence-corrected chi connectivity index (χ0v) is 11.3. The van der Waals surface area contributed by atoms with Crippen molar-refractivity contribution in [3.63, 3.8) is 0 Å². The fourth-order valence-electron chi connectivity index (χ4n) is 1.87. The number of hydrogen-bond donors (Lipinski definition) is 2. The number of benzene rings is 1. The van der Waals surface area contributed by atoms with E-state index in [9.17, 15) is 5.11 Å². The van der Waals surface area contributed by atoms with Crippen molar-refractivity contribution < 1.29 is 5.11 Å². The molecule has 0 aliphatic heterocycles. The smallest absolute Gasteiger partial charge is 0.0771 e. The van der Waals surface area contributed by atoms with Gasteiger partial charge in [0.2, 0.25) is 0 Å². The topological polar surface area (TPSA) is 32.3 Å². The van der Waals surface area contributed by atoms with Crippen molar-refractivity contribution in [1.29, 1.82) is 0 Å². The fraction of sp³-hybridized carbons (Fsp3) is 0.500. The predicted molar refractivity (Wildman–Crippen MR) is 69.7 cm³/mol. The molecule has 0 radical (unpaired) electrons. The van der Waals surface area contributed by atoms with Crippen molar-refractivity contribution in [3.8, 4) is 0 Å². The molecule has 0 unspecified atom stereocenters. The Kier molecular flexibility index (Phi) is 3.90. The van der Waals surface area contributed by atoms with Gasteiger partial charge in [-0.05, 0) is 43.0 Å². The molecule has 0 heterocycles. The predicted octanol–water partition coefficient (Wildman–Crippen LogP) is 3.11. The number of halogens is 2. The third-order valence-corrected chi connectivity index (χ3v) is 3.92. The quantitative estimate of drug-likeness (QED) is 0.896. The van der Waals surface area contributed by atoms with Crippen molar-refractivity contribution in [2.45, 2.75) is 31.4 Å². The van der Waals surface area contributed by atoms with E-state index in [1.165, 1.54) is 0 Å². The molecule has 0 aromatic heterocycles. The van der Waals surface area contributed by atoms with E-state index in [1.807, 2.05) is 18.2 Å². The fourth-order valence-corrected chi connectivity index (χ4v) is 2.46. The summed E-state index contributed by atoms with van der Waals surface area (Å²) in [4.78, 5) is 0. The molecule has 0 amide bonds. The summed E-state index contributed by atoms with van der Waals surface area (Å²) in [6, 6.07) is 5.80. The minimum atomic E-state index is -0.474. The Labute approximate surface area is 109 Å². The first-order chi connectivity index (χ1) is 7.59. The zero-order chi connectivity index (χ0) is 11.6. The Hall–Kier alpha value is -0.0900. The molecular weight excluding hydrogens is 289 g/mol. The highest BCUT2D eigenvalue weighted by Gasteiger charge is 2.33. The van der Waals surface area contributed by atoms with Gasteiger partial charge in [0.1, 0.15) is 0 Å². The van der Waals surface area contributed by atoms with Crippen LogP contribution in [0.1, 0.15) is 24.8 Å². The second-order valence-electron chi connectivity index (χ2n) is 4.42. The molecule has 1 aliphatic rings. The Morgan fingerprint density at radius 3 is 2.81 bits per heavy atom. The van der Waals surface area contributed by atoms with Crippen molar-refractivity contribution in [1.82, 2.24) is 5.32 Å². The van der Waals surface area contributed by atoms with Crippen LogP contribution < -0.4 is 5.32 Å². The first-order valence-electron chi connectivity index (χ1n) is 5.46. The van der Waals surface area contributed by atoms with Crippen LogP contribution in [0, 0.1) is 0 Å². The third-order valence-electron chi connectivity index (χ3n) is 3.06. The van der Waals surface area contributed by atoms with E-state index in [1.54, 1.807) is 0 Å². The van der Waals surface area contributed by atoms with Crippen LogP contribution in [0.2, 0.25) is 5.02 Å². The monoisotopic (exact) mass is 303 g/mol. The van der Waals surface area contributed by atoms with Gasteiger partial charge >= 0.3 is 0 Å². The third kappa shape index (κ3) is 2.98. The van der Waals surface area contributed by atoms with Gasteiger partial charge in [-0.1, -0.05) is 27.5 Å². The summed E-state index contributed by atoms with van der Waals surface area (Å²) < 4.78 is 1.02.